The molecule has 0 unspecified atom stereocenters. The molecule has 0 aliphatic heterocycles. The van der Waals surface area contributed by atoms with Crippen molar-refractivity contribution in [3.63, 3.8) is 0 Å². The predicted octanol–water partition coefficient (Wildman–Crippen LogP) is 3.29. The number of hydrogen-bond donors (Lipinski definition) is 1. The minimum absolute atomic E-state index is 0.235. The van der Waals surface area contributed by atoms with Gasteiger partial charge in [-0.05, 0) is 36.6 Å². The number of nitrogens with zero attached hydrogens (tertiary/aromatic N) is 3. The second-order valence-electron chi connectivity index (χ2n) is 7.07. The fourth-order valence-corrected chi connectivity index (χ4v) is 3.82. The highest BCUT2D eigenvalue weighted by Gasteiger charge is 2.14. The van der Waals surface area contributed by atoms with Gasteiger partial charge in [-0.2, -0.15) is 0 Å². The van der Waals surface area contributed by atoms with Gasteiger partial charge in [-0.1, -0.05) is 19.9 Å². The van der Waals surface area contributed by atoms with E-state index >= 15 is 0 Å². The summed E-state index contributed by atoms with van der Waals surface area (Å²) in [5, 5.41) is 1.92. The fourth-order valence-electron chi connectivity index (χ4n) is 3.33. The van der Waals surface area contributed by atoms with Gasteiger partial charge in [-0.15, -0.1) is 0 Å². The Kier molecular flexibility index (Phi) is 7.19. The summed E-state index contributed by atoms with van der Waals surface area (Å²) in [6, 6.07) is 5.14. The van der Waals surface area contributed by atoms with Gasteiger partial charge in [-0.3, -0.25) is 9.97 Å². The number of sulfonamides is 1. The molecule has 0 bridgehead atoms. The number of hydrogen-bond acceptors (Lipinski definition) is 6. The number of pyridine rings is 2. The summed E-state index contributed by atoms with van der Waals surface area (Å²) in [6.07, 6.45) is 8.44. The van der Waals surface area contributed by atoms with E-state index in [1.165, 1.54) is 12.7 Å². The molecule has 1 N–H and O–H groups in total. The van der Waals surface area contributed by atoms with Crippen LogP contribution < -0.4 is 4.72 Å². The standard InChI is InChI=1S/C22H26N4O4S/c1-4-6-7-17-15-26(11-10-25-31(28,29)5-2)21-13-20(24-14-18(17)21)19-12-16(8-9-23-19)22(27)30-3/h5,8-9,12-15,25H,2,4,6-7,10-11H2,1,3H3. The number of unbranched alkanes of at least 4 members (excludes halogenated alkanes) is 1. The van der Waals surface area contributed by atoms with Crippen molar-refractivity contribution < 1.29 is 17.9 Å². The van der Waals surface area contributed by atoms with Gasteiger partial charge < -0.3 is 9.30 Å². The number of fused-ring (bicyclic) bond motifs is 1. The molecule has 3 aromatic rings. The maximum atomic E-state index is 11.9. The summed E-state index contributed by atoms with van der Waals surface area (Å²) in [4.78, 5) is 20.8. The van der Waals surface area contributed by atoms with Crippen LogP contribution in [0.5, 0.6) is 0 Å². The molecule has 0 atom stereocenters. The number of aromatic nitrogens is 3. The summed E-state index contributed by atoms with van der Waals surface area (Å²) in [5.74, 6) is -0.440. The molecule has 0 amide bonds. The molecule has 9 heteroatoms. The molecule has 0 aliphatic rings. The quantitative estimate of drug-likeness (QED) is 0.483. The number of rotatable bonds is 10. The molecule has 3 heterocycles. The van der Waals surface area contributed by atoms with Crippen molar-refractivity contribution in [2.75, 3.05) is 13.7 Å². The molecular weight excluding hydrogens is 416 g/mol. The molecule has 0 aliphatic carbocycles. The van der Waals surface area contributed by atoms with Crippen LogP contribution in [0.2, 0.25) is 0 Å². The maximum absolute atomic E-state index is 11.9. The molecule has 164 valence electrons. The highest BCUT2D eigenvalue weighted by atomic mass is 32.2. The molecule has 0 spiro atoms. The van der Waals surface area contributed by atoms with E-state index in [1.807, 2.05) is 23.0 Å². The minimum atomic E-state index is -3.48. The first-order valence-electron chi connectivity index (χ1n) is 10.0. The average Bonchev–Trinajstić information content (AvgIpc) is 3.14. The van der Waals surface area contributed by atoms with Gasteiger partial charge >= 0.3 is 5.97 Å². The lowest BCUT2D eigenvalue weighted by Gasteiger charge is -2.08. The predicted molar refractivity (Wildman–Crippen MR) is 120 cm³/mol. The summed E-state index contributed by atoms with van der Waals surface area (Å²) in [6.45, 7) is 6.14. The highest BCUT2D eigenvalue weighted by Crippen LogP contribution is 2.26. The van der Waals surface area contributed by atoms with Crippen LogP contribution in [0.1, 0.15) is 35.7 Å². The van der Waals surface area contributed by atoms with Gasteiger partial charge in [0.25, 0.3) is 0 Å². The number of methoxy groups -OCH3 is 1. The van der Waals surface area contributed by atoms with E-state index in [0.717, 1.165) is 35.6 Å². The minimum Gasteiger partial charge on any atom is -0.465 e. The first-order chi connectivity index (χ1) is 14.9. The molecule has 31 heavy (non-hydrogen) atoms. The van der Waals surface area contributed by atoms with Crippen LogP contribution in [-0.2, 0) is 27.7 Å². The first-order valence-corrected chi connectivity index (χ1v) is 11.6. The second kappa shape index (κ2) is 9.84. The van der Waals surface area contributed by atoms with Crippen LogP contribution in [0, 0.1) is 0 Å². The molecule has 0 saturated carbocycles. The van der Waals surface area contributed by atoms with E-state index in [9.17, 15) is 13.2 Å². The van der Waals surface area contributed by atoms with Crippen LogP contribution in [0.4, 0.5) is 0 Å². The van der Waals surface area contributed by atoms with Gasteiger partial charge in [0.1, 0.15) is 0 Å². The van der Waals surface area contributed by atoms with Crippen molar-refractivity contribution in [2.45, 2.75) is 32.7 Å². The number of ether oxygens (including phenoxy) is 1. The van der Waals surface area contributed by atoms with E-state index in [2.05, 4.69) is 28.2 Å². The van der Waals surface area contributed by atoms with Crippen LogP contribution in [0.15, 0.2) is 48.8 Å². The SMILES string of the molecule is C=CS(=O)(=O)NCCn1cc(CCCC)c2cnc(-c3cc(C(=O)OC)ccn3)cc21. The zero-order chi connectivity index (χ0) is 22.4. The van der Waals surface area contributed by atoms with Crippen molar-refractivity contribution >= 4 is 26.9 Å². The van der Waals surface area contributed by atoms with Crippen LogP contribution in [-0.4, -0.2) is 42.6 Å². The summed E-state index contributed by atoms with van der Waals surface area (Å²) in [5.41, 5.74) is 3.66. The summed E-state index contributed by atoms with van der Waals surface area (Å²) < 4.78 is 32.6. The molecule has 3 rings (SSSR count). The molecule has 8 nitrogen and oxygen atoms in total. The van der Waals surface area contributed by atoms with Gasteiger partial charge in [0, 0.05) is 42.5 Å². The Balaban J connectivity index is 1.99. The van der Waals surface area contributed by atoms with Gasteiger partial charge in [-0.25, -0.2) is 17.9 Å². The average molecular weight is 443 g/mol. The van der Waals surface area contributed by atoms with E-state index in [1.54, 1.807) is 18.3 Å². The monoisotopic (exact) mass is 442 g/mol. The number of carbonyl (C=O) groups is 1. The van der Waals surface area contributed by atoms with E-state index in [-0.39, 0.29) is 6.54 Å². The number of aryl methyl sites for hydroxylation is 1. The molecule has 0 aromatic carbocycles. The maximum Gasteiger partial charge on any atom is 0.337 e. The third kappa shape index (κ3) is 5.36. The van der Waals surface area contributed by atoms with Gasteiger partial charge in [0.2, 0.25) is 10.0 Å². The topological polar surface area (TPSA) is 103 Å². The number of carbonyl (C=O) groups excluding carboxylic acids is 1. The van der Waals surface area contributed by atoms with Crippen molar-refractivity contribution in [3.8, 4) is 11.4 Å². The molecule has 0 fully saturated rings. The number of nitrogens with one attached hydrogen (secondary N) is 1. The van der Waals surface area contributed by atoms with Gasteiger partial charge in [0.15, 0.2) is 0 Å². The third-order valence-electron chi connectivity index (χ3n) is 4.97. The van der Waals surface area contributed by atoms with Crippen molar-refractivity contribution in [1.82, 2.24) is 19.3 Å². The Hall–Kier alpha value is -3.04. The Bertz CT molecular complexity index is 1200. The Morgan fingerprint density at radius 3 is 2.77 bits per heavy atom. The van der Waals surface area contributed by atoms with Crippen molar-refractivity contribution in [2.24, 2.45) is 0 Å². The highest BCUT2D eigenvalue weighted by molar-refractivity contribution is 7.92. The summed E-state index contributed by atoms with van der Waals surface area (Å²) >= 11 is 0. The fraction of sp³-hybridized carbons (Fsp3) is 0.318. The summed E-state index contributed by atoms with van der Waals surface area (Å²) in [7, 11) is -2.15. The van der Waals surface area contributed by atoms with Crippen molar-refractivity contribution in [3.05, 3.63) is 59.9 Å². The second-order valence-corrected chi connectivity index (χ2v) is 8.78. The molecule has 3 aromatic heterocycles. The lowest BCUT2D eigenvalue weighted by molar-refractivity contribution is 0.0600. The third-order valence-corrected chi connectivity index (χ3v) is 6.01. The zero-order valence-corrected chi connectivity index (χ0v) is 18.5. The zero-order valence-electron chi connectivity index (χ0n) is 17.7. The normalized spacial score (nSPS) is 11.5. The van der Waals surface area contributed by atoms with Crippen LogP contribution >= 0.6 is 0 Å². The van der Waals surface area contributed by atoms with E-state index < -0.39 is 16.0 Å². The first kappa shape index (κ1) is 22.6. The molecule has 0 radical (unpaired) electrons. The van der Waals surface area contributed by atoms with E-state index in [0.29, 0.717) is 23.5 Å². The lowest BCUT2D eigenvalue weighted by atomic mass is 10.1. The Morgan fingerprint density at radius 2 is 2.06 bits per heavy atom. The van der Waals surface area contributed by atoms with E-state index in [4.69, 9.17) is 4.74 Å². The Morgan fingerprint density at radius 1 is 1.29 bits per heavy atom. The largest absolute Gasteiger partial charge is 0.465 e. The molecule has 0 saturated heterocycles. The van der Waals surface area contributed by atoms with Gasteiger partial charge in [0.05, 0.1) is 29.6 Å². The lowest BCUT2D eigenvalue weighted by Crippen LogP contribution is -2.25. The Labute approximate surface area is 182 Å². The van der Waals surface area contributed by atoms with Crippen LogP contribution in [0.25, 0.3) is 22.3 Å². The van der Waals surface area contributed by atoms with Crippen molar-refractivity contribution in [1.29, 1.82) is 0 Å². The molecular formula is C22H26N4O4S. The van der Waals surface area contributed by atoms with Crippen LogP contribution in [0.3, 0.4) is 0 Å². The number of esters is 1. The smallest absolute Gasteiger partial charge is 0.337 e.